The number of nitrogens with one attached hydrogen (secondary N) is 1. The molecule has 8 unspecified atom stereocenters. The summed E-state index contributed by atoms with van der Waals surface area (Å²) in [7, 11) is 0. The van der Waals surface area contributed by atoms with Crippen LogP contribution in [0.1, 0.15) is 284 Å². The molecule has 1 aliphatic rings. The van der Waals surface area contributed by atoms with E-state index in [-0.39, 0.29) is 19.4 Å². The van der Waals surface area contributed by atoms with Gasteiger partial charge in [-0.3, -0.25) is 9.59 Å². The van der Waals surface area contributed by atoms with Crippen LogP contribution in [0.4, 0.5) is 0 Å². The molecule has 1 heterocycles. The van der Waals surface area contributed by atoms with E-state index in [1.165, 1.54) is 83.5 Å². The Balaban J connectivity index is 2.63. The number of unbranched alkanes of at least 4 members (excludes halogenated alkanes) is 27. The molecular weight excluding hydrogens is 1090 g/mol. The van der Waals surface area contributed by atoms with E-state index in [1.807, 2.05) is 6.08 Å². The molecule has 0 aliphatic carbocycles. The van der Waals surface area contributed by atoms with E-state index in [4.69, 9.17) is 14.2 Å². The number of rotatable bonds is 59. The maximum atomic E-state index is 13.5. The van der Waals surface area contributed by atoms with Gasteiger partial charge in [-0.05, 0) is 116 Å². The van der Waals surface area contributed by atoms with Crippen LogP contribution in [-0.4, -0.2) is 99.6 Å². The van der Waals surface area contributed by atoms with E-state index in [0.29, 0.717) is 12.8 Å². The van der Waals surface area contributed by atoms with Gasteiger partial charge in [-0.25, -0.2) is 0 Å². The van der Waals surface area contributed by atoms with Gasteiger partial charge in [0.1, 0.15) is 24.4 Å². The molecule has 87 heavy (non-hydrogen) atoms. The molecule has 8 atom stereocenters. The van der Waals surface area contributed by atoms with Crippen LogP contribution in [0.3, 0.4) is 0 Å². The fraction of sp³-hybridized carbons (Fsp3) is 0.711. The third kappa shape index (κ3) is 49.5. The third-order valence-corrected chi connectivity index (χ3v) is 15.8. The van der Waals surface area contributed by atoms with Crippen molar-refractivity contribution in [3.05, 3.63) is 122 Å². The average molecular weight is 1220 g/mol. The van der Waals surface area contributed by atoms with Gasteiger partial charge in [0.25, 0.3) is 0 Å². The molecule has 1 aliphatic heterocycles. The van der Waals surface area contributed by atoms with E-state index in [0.717, 1.165) is 154 Å². The van der Waals surface area contributed by atoms with Crippen LogP contribution in [0.5, 0.6) is 0 Å². The summed E-state index contributed by atoms with van der Waals surface area (Å²) in [6, 6.07) is -1.04. The quantitative estimate of drug-likeness (QED) is 0.0195. The highest BCUT2D eigenvalue weighted by Gasteiger charge is 2.47. The van der Waals surface area contributed by atoms with Crippen molar-refractivity contribution in [1.29, 1.82) is 0 Å². The fourth-order valence-corrected chi connectivity index (χ4v) is 10.3. The maximum absolute atomic E-state index is 13.5. The summed E-state index contributed by atoms with van der Waals surface area (Å²) < 4.78 is 17.7. The molecule has 11 heteroatoms. The number of carbonyl (C=O) groups is 2. The summed E-state index contributed by atoms with van der Waals surface area (Å²) in [5, 5.41) is 57.3. The first-order valence-electron chi connectivity index (χ1n) is 35.3. The molecule has 0 radical (unpaired) electrons. The number of esters is 1. The van der Waals surface area contributed by atoms with Gasteiger partial charge < -0.3 is 45.1 Å². The summed E-state index contributed by atoms with van der Waals surface area (Å²) in [4.78, 5) is 26.7. The number of allylic oxidation sites excluding steroid dienone is 19. The smallest absolute Gasteiger partial charge is 0.306 e. The predicted octanol–water partition coefficient (Wildman–Crippen LogP) is 18.2. The monoisotopic (exact) mass is 1220 g/mol. The van der Waals surface area contributed by atoms with Crippen LogP contribution in [0.2, 0.25) is 0 Å². The van der Waals surface area contributed by atoms with Crippen LogP contribution < -0.4 is 5.32 Å². The van der Waals surface area contributed by atoms with E-state index in [1.54, 1.807) is 6.08 Å². The molecule has 6 N–H and O–H groups in total. The Morgan fingerprint density at radius 3 is 1.26 bits per heavy atom. The number of hydrogen-bond donors (Lipinski definition) is 6. The van der Waals surface area contributed by atoms with E-state index < -0.39 is 67.4 Å². The van der Waals surface area contributed by atoms with Crippen LogP contribution in [0, 0.1) is 0 Å². The van der Waals surface area contributed by atoms with Crippen molar-refractivity contribution < 1.29 is 49.3 Å². The van der Waals surface area contributed by atoms with E-state index in [9.17, 15) is 35.1 Å². The van der Waals surface area contributed by atoms with Crippen molar-refractivity contribution in [3.8, 4) is 0 Å². The minimum atomic E-state index is -1.63. The lowest BCUT2D eigenvalue weighted by molar-refractivity contribution is -0.305. The lowest BCUT2D eigenvalue weighted by Crippen LogP contribution is -2.61. The molecule has 0 aromatic heterocycles. The topological polar surface area (TPSA) is 175 Å². The predicted molar refractivity (Wildman–Crippen MR) is 365 cm³/mol. The molecule has 1 rings (SSSR count). The minimum Gasteiger partial charge on any atom is -0.454 e. The van der Waals surface area contributed by atoms with Crippen LogP contribution in [0.15, 0.2) is 122 Å². The lowest BCUT2D eigenvalue weighted by atomic mass is 9.99. The first-order chi connectivity index (χ1) is 42.7. The average Bonchev–Trinajstić information content (AvgIpc) is 2.32. The highest BCUT2D eigenvalue weighted by molar-refractivity contribution is 5.80. The summed E-state index contributed by atoms with van der Waals surface area (Å²) in [5.74, 6) is -1.22. The van der Waals surface area contributed by atoms with Crippen molar-refractivity contribution >= 4 is 11.9 Å². The number of aliphatic hydroxyl groups is 5. The zero-order valence-corrected chi connectivity index (χ0v) is 55.3. The Labute approximate surface area is 531 Å². The van der Waals surface area contributed by atoms with Gasteiger partial charge in [-0.1, -0.05) is 284 Å². The van der Waals surface area contributed by atoms with Gasteiger partial charge >= 0.3 is 5.97 Å². The van der Waals surface area contributed by atoms with Gasteiger partial charge in [0, 0.05) is 6.42 Å². The van der Waals surface area contributed by atoms with Crippen LogP contribution in [0.25, 0.3) is 0 Å². The SMILES string of the molecule is CC/C=C\C/C=C\C/C=C\C/C=C\C/C=C\CCCCCCCCCC(=O)OC1C(OCC(NC(=O)C(O)CCCCCCCC/C=C\C/C=C\C/C=C\C/C=C\CCCCC)C(O)/C=C/CCCCCCCCCCCCC)OC(CO)C(O)C1O. The Morgan fingerprint density at radius 1 is 0.460 bits per heavy atom. The maximum Gasteiger partial charge on any atom is 0.306 e. The summed E-state index contributed by atoms with van der Waals surface area (Å²) in [5.41, 5.74) is 0. The first kappa shape index (κ1) is 81.1. The van der Waals surface area contributed by atoms with E-state index >= 15 is 0 Å². The Morgan fingerprint density at radius 2 is 0.828 bits per heavy atom. The second-order valence-corrected chi connectivity index (χ2v) is 23.9. The molecule has 0 saturated carbocycles. The van der Waals surface area contributed by atoms with Gasteiger partial charge in [-0.15, -0.1) is 0 Å². The number of ether oxygens (including phenoxy) is 3. The summed E-state index contributed by atoms with van der Waals surface area (Å²) in [6.45, 7) is 5.65. The number of aliphatic hydroxyl groups excluding tert-OH is 5. The fourth-order valence-electron chi connectivity index (χ4n) is 10.3. The lowest BCUT2D eigenvalue weighted by Gasteiger charge is -2.41. The Hall–Kier alpha value is -3.94. The van der Waals surface area contributed by atoms with Gasteiger partial charge in [0.2, 0.25) is 5.91 Å². The van der Waals surface area contributed by atoms with Crippen LogP contribution >= 0.6 is 0 Å². The second-order valence-electron chi connectivity index (χ2n) is 23.9. The zero-order chi connectivity index (χ0) is 63.1. The zero-order valence-electron chi connectivity index (χ0n) is 55.3. The molecule has 498 valence electrons. The normalized spacial score (nSPS) is 19.0. The molecule has 0 aromatic rings. The molecule has 1 saturated heterocycles. The largest absolute Gasteiger partial charge is 0.454 e. The van der Waals surface area contributed by atoms with Crippen molar-refractivity contribution in [2.45, 2.75) is 333 Å². The van der Waals surface area contributed by atoms with Crippen LogP contribution in [-0.2, 0) is 23.8 Å². The van der Waals surface area contributed by atoms with Crippen molar-refractivity contribution in [1.82, 2.24) is 5.32 Å². The van der Waals surface area contributed by atoms with Crippen molar-refractivity contribution in [3.63, 3.8) is 0 Å². The number of carbonyl (C=O) groups excluding carboxylic acids is 2. The number of hydrogen-bond acceptors (Lipinski definition) is 10. The van der Waals surface area contributed by atoms with E-state index in [2.05, 4.69) is 135 Å². The van der Waals surface area contributed by atoms with Crippen molar-refractivity contribution in [2.75, 3.05) is 13.2 Å². The third-order valence-electron chi connectivity index (χ3n) is 15.8. The molecule has 1 fully saturated rings. The van der Waals surface area contributed by atoms with Gasteiger partial charge in [0.05, 0.1) is 25.4 Å². The van der Waals surface area contributed by atoms with Gasteiger partial charge in [0.15, 0.2) is 12.4 Å². The number of amides is 1. The molecule has 11 nitrogen and oxygen atoms in total. The van der Waals surface area contributed by atoms with Crippen molar-refractivity contribution in [2.24, 2.45) is 0 Å². The molecule has 0 aromatic carbocycles. The summed E-state index contributed by atoms with van der Waals surface area (Å²) in [6.07, 6.45) is 76.5. The minimum absolute atomic E-state index is 0.103. The standard InChI is InChI=1S/C76H129NO10/c1-4-7-10-13-16-19-22-25-27-29-31-33-35-37-39-41-43-46-49-52-55-58-61-64-71(81)87-74-73(83)72(82)70(65-78)86-76(74)85-66-67(68(79)62-59-56-53-50-47-44-24-21-18-15-12-9-6-3)77-75(84)69(80)63-60-57-54-51-48-45-42-40-38-36-34-32-30-28-26-23-20-17-14-11-8-5-2/h7,10,16-17,19-20,25-28,31-34,37-40,59,62,67-70,72-74,76,78-80,82-83H,4-6,8-9,11-15,18,21-24,29-30,35-36,41-58,60-61,63-66H2,1-3H3,(H,77,84)/b10-7-,19-16-,20-17-,27-25-,28-26-,33-31-,34-32-,39-37-,40-38-,62-59+. The highest BCUT2D eigenvalue weighted by Crippen LogP contribution is 2.26. The first-order valence-corrected chi connectivity index (χ1v) is 35.3. The molecule has 0 spiro atoms. The second kappa shape index (κ2) is 62.3. The van der Waals surface area contributed by atoms with Gasteiger partial charge in [-0.2, -0.15) is 0 Å². The Kier molecular flexibility index (Phi) is 58.0. The Bertz CT molecular complexity index is 1880. The highest BCUT2D eigenvalue weighted by atomic mass is 16.7. The molecule has 0 bridgehead atoms. The molecular formula is C76H129NO10. The molecule has 1 amide bonds. The summed E-state index contributed by atoms with van der Waals surface area (Å²) >= 11 is 0.